The lowest BCUT2D eigenvalue weighted by atomic mass is 10.1. The topological polar surface area (TPSA) is 67.3 Å². The van der Waals surface area contributed by atoms with Gasteiger partial charge >= 0.3 is 0 Å². The Kier molecular flexibility index (Phi) is 4.70. The van der Waals surface area contributed by atoms with Gasteiger partial charge in [0.25, 0.3) is 0 Å². The molecule has 0 bridgehead atoms. The molecule has 8 heteroatoms. The SMILES string of the molecule is Cc1csc(CS(=O)(=O)CC(O)c2cc(F)ccc2F)n1. The fourth-order valence-corrected chi connectivity index (χ4v) is 4.40. The van der Waals surface area contributed by atoms with E-state index in [-0.39, 0.29) is 11.3 Å². The molecule has 1 N–H and O–H groups in total. The lowest BCUT2D eigenvalue weighted by Crippen LogP contribution is -2.17. The van der Waals surface area contributed by atoms with Gasteiger partial charge in [-0.3, -0.25) is 0 Å². The predicted octanol–water partition coefficient (Wildman–Crippen LogP) is 2.38. The van der Waals surface area contributed by atoms with E-state index in [0.717, 1.165) is 18.2 Å². The molecule has 1 unspecified atom stereocenters. The molecule has 0 saturated carbocycles. The highest BCUT2D eigenvalue weighted by atomic mass is 32.2. The molecule has 0 fully saturated rings. The maximum absolute atomic E-state index is 13.5. The van der Waals surface area contributed by atoms with E-state index in [9.17, 15) is 22.3 Å². The van der Waals surface area contributed by atoms with Crippen LogP contribution in [-0.4, -0.2) is 24.3 Å². The molecule has 114 valence electrons. The van der Waals surface area contributed by atoms with Crippen LogP contribution in [0, 0.1) is 18.6 Å². The summed E-state index contributed by atoms with van der Waals surface area (Å²) in [5.74, 6) is -2.60. The van der Waals surface area contributed by atoms with Crippen molar-refractivity contribution in [2.75, 3.05) is 5.75 Å². The molecule has 1 heterocycles. The molecule has 0 saturated heterocycles. The number of sulfone groups is 1. The predicted molar refractivity (Wildman–Crippen MR) is 75.7 cm³/mol. The third kappa shape index (κ3) is 4.29. The smallest absolute Gasteiger partial charge is 0.159 e. The summed E-state index contributed by atoms with van der Waals surface area (Å²) in [6, 6.07) is 2.55. The van der Waals surface area contributed by atoms with Crippen LogP contribution in [0.25, 0.3) is 0 Å². The van der Waals surface area contributed by atoms with Gasteiger partial charge in [-0.2, -0.15) is 0 Å². The number of aliphatic hydroxyl groups is 1. The first-order valence-corrected chi connectivity index (χ1v) is 8.71. The van der Waals surface area contributed by atoms with Gasteiger partial charge in [-0.05, 0) is 25.1 Å². The number of thiazole rings is 1. The highest BCUT2D eigenvalue weighted by molar-refractivity contribution is 7.90. The van der Waals surface area contributed by atoms with Gasteiger partial charge in [0.15, 0.2) is 9.84 Å². The van der Waals surface area contributed by atoms with Gasteiger partial charge in [0.1, 0.15) is 22.4 Å². The zero-order valence-electron chi connectivity index (χ0n) is 11.1. The van der Waals surface area contributed by atoms with Crippen molar-refractivity contribution in [2.24, 2.45) is 0 Å². The number of halogens is 2. The molecule has 0 aliphatic carbocycles. The van der Waals surface area contributed by atoms with Crippen molar-refractivity contribution in [2.45, 2.75) is 18.8 Å². The molecule has 0 aliphatic rings. The van der Waals surface area contributed by atoms with Crippen molar-refractivity contribution in [3.63, 3.8) is 0 Å². The molecule has 2 aromatic rings. The van der Waals surface area contributed by atoms with Gasteiger partial charge in [0, 0.05) is 16.6 Å². The van der Waals surface area contributed by atoms with Gasteiger partial charge in [-0.15, -0.1) is 11.3 Å². The summed E-state index contributed by atoms with van der Waals surface area (Å²) in [4.78, 5) is 4.03. The standard InChI is InChI=1S/C13H13F2NO3S2/c1-8-5-20-13(16-8)7-21(18,19)6-12(17)10-4-9(14)2-3-11(10)15/h2-5,12,17H,6-7H2,1H3. The van der Waals surface area contributed by atoms with Crippen molar-refractivity contribution in [3.05, 3.63) is 51.5 Å². The number of rotatable bonds is 5. The van der Waals surface area contributed by atoms with E-state index in [4.69, 9.17) is 0 Å². The molecular weight excluding hydrogens is 320 g/mol. The monoisotopic (exact) mass is 333 g/mol. The first-order chi connectivity index (χ1) is 9.77. The Morgan fingerprint density at radius 1 is 1.38 bits per heavy atom. The quantitative estimate of drug-likeness (QED) is 0.912. The Labute approximate surface area is 125 Å². The summed E-state index contributed by atoms with van der Waals surface area (Å²) in [6.45, 7) is 1.74. The fourth-order valence-electron chi connectivity index (χ4n) is 1.82. The second-order valence-electron chi connectivity index (χ2n) is 4.62. The number of hydrogen-bond donors (Lipinski definition) is 1. The minimum absolute atomic E-state index is 0.334. The summed E-state index contributed by atoms with van der Waals surface area (Å²) in [5, 5.41) is 12.0. The maximum atomic E-state index is 13.5. The van der Waals surface area contributed by atoms with Crippen LogP contribution in [0.3, 0.4) is 0 Å². The lowest BCUT2D eigenvalue weighted by Gasteiger charge is -2.12. The van der Waals surface area contributed by atoms with Crippen molar-refractivity contribution in [1.29, 1.82) is 0 Å². The lowest BCUT2D eigenvalue weighted by molar-refractivity contribution is 0.196. The van der Waals surface area contributed by atoms with E-state index < -0.39 is 33.3 Å². The van der Waals surface area contributed by atoms with Crippen LogP contribution in [0.1, 0.15) is 22.4 Å². The van der Waals surface area contributed by atoms with E-state index in [1.54, 1.807) is 12.3 Å². The second-order valence-corrected chi connectivity index (χ2v) is 7.67. The van der Waals surface area contributed by atoms with E-state index >= 15 is 0 Å². The van der Waals surface area contributed by atoms with Crippen molar-refractivity contribution < 1.29 is 22.3 Å². The summed E-state index contributed by atoms with van der Waals surface area (Å²) in [7, 11) is -3.69. The number of hydrogen-bond acceptors (Lipinski definition) is 5. The van der Waals surface area contributed by atoms with Gasteiger partial charge in [-0.25, -0.2) is 22.2 Å². The summed E-state index contributed by atoms with van der Waals surface area (Å²) >= 11 is 1.20. The Morgan fingerprint density at radius 2 is 2.10 bits per heavy atom. The van der Waals surface area contributed by atoms with E-state index in [2.05, 4.69) is 4.98 Å². The molecule has 0 amide bonds. The van der Waals surface area contributed by atoms with Crippen LogP contribution in [0.4, 0.5) is 8.78 Å². The van der Waals surface area contributed by atoms with Crippen molar-refractivity contribution in [3.8, 4) is 0 Å². The minimum Gasteiger partial charge on any atom is -0.387 e. The molecule has 1 atom stereocenters. The van der Waals surface area contributed by atoms with Crippen LogP contribution < -0.4 is 0 Å². The number of benzene rings is 1. The summed E-state index contributed by atoms with van der Waals surface area (Å²) < 4.78 is 50.5. The van der Waals surface area contributed by atoms with Crippen LogP contribution >= 0.6 is 11.3 Å². The molecular formula is C13H13F2NO3S2. The molecule has 1 aromatic carbocycles. The Hall–Kier alpha value is -1.38. The second kappa shape index (κ2) is 6.17. The Balaban J connectivity index is 2.14. The van der Waals surface area contributed by atoms with E-state index in [1.165, 1.54) is 11.3 Å². The minimum atomic E-state index is -3.69. The number of aliphatic hydroxyl groups excluding tert-OH is 1. The third-order valence-electron chi connectivity index (χ3n) is 2.74. The fraction of sp³-hybridized carbons (Fsp3) is 0.308. The zero-order valence-corrected chi connectivity index (χ0v) is 12.7. The number of nitrogens with zero attached hydrogens (tertiary/aromatic N) is 1. The van der Waals surface area contributed by atoms with Crippen molar-refractivity contribution in [1.82, 2.24) is 4.98 Å². The first-order valence-electron chi connectivity index (χ1n) is 6.01. The van der Waals surface area contributed by atoms with Crippen molar-refractivity contribution >= 4 is 21.2 Å². The molecule has 21 heavy (non-hydrogen) atoms. The van der Waals surface area contributed by atoms with Gasteiger partial charge in [0.2, 0.25) is 0 Å². The number of aromatic nitrogens is 1. The van der Waals surface area contributed by atoms with Gasteiger partial charge in [-0.1, -0.05) is 0 Å². The summed E-state index contributed by atoms with van der Waals surface area (Å²) in [6.07, 6.45) is -1.62. The third-order valence-corrected chi connectivity index (χ3v) is 5.43. The zero-order chi connectivity index (χ0) is 15.6. The molecule has 1 aromatic heterocycles. The Morgan fingerprint density at radius 3 is 2.71 bits per heavy atom. The molecule has 0 aliphatic heterocycles. The van der Waals surface area contributed by atoms with Crippen LogP contribution in [0.15, 0.2) is 23.6 Å². The highest BCUT2D eigenvalue weighted by Gasteiger charge is 2.23. The molecule has 4 nitrogen and oxygen atoms in total. The highest BCUT2D eigenvalue weighted by Crippen LogP contribution is 2.22. The van der Waals surface area contributed by atoms with Gasteiger partial charge in [0.05, 0.1) is 11.9 Å². The maximum Gasteiger partial charge on any atom is 0.159 e. The average molecular weight is 333 g/mol. The average Bonchev–Trinajstić information content (AvgIpc) is 2.76. The van der Waals surface area contributed by atoms with Crippen LogP contribution in [0.5, 0.6) is 0 Å². The van der Waals surface area contributed by atoms with Crippen LogP contribution in [0.2, 0.25) is 0 Å². The van der Waals surface area contributed by atoms with Crippen LogP contribution in [-0.2, 0) is 15.6 Å². The molecule has 0 spiro atoms. The summed E-state index contributed by atoms with van der Waals surface area (Å²) in [5.41, 5.74) is 0.343. The number of aryl methyl sites for hydroxylation is 1. The van der Waals surface area contributed by atoms with E-state index in [0.29, 0.717) is 10.7 Å². The molecule has 2 rings (SSSR count). The van der Waals surface area contributed by atoms with E-state index in [1.807, 2.05) is 0 Å². The van der Waals surface area contributed by atoms with Gasteiger partial charge < -0.3 is 5.11 Å². The normalized spacial score (nSPS) is 13.3. The largest absolute Gasteiger partial charge is 0.387 e. The first kappa shape index (κ1) is 16.0. The molecule has 0 radical (unpaired) electrons. The Bertz CT molecular complexity index is 744.